The van der Waals surface area contributed by atoms with E-state index in [2.05, 4.69) is 31.3 Å². The molecule has 5 nitrogen and oxygen atoms in total. The minimum Gasteiger partial charge on any atom is -0.326 e. The van der Waals surface area contributed by atoms with Gasteiger partial charge in [0, 0.05) is 18.7 Å². The zero-order valence-electron chi connectivity index (χ0n) is 17.1. The number of hydrogen-bond acceptors (Lipinski definition) is 3. The molecule has 6 atom stereocenters. The normalized spacial score (nSPS) is 33.7. The third-order valence-corrected chi connectivity index (χ3v) is 7.58. The Labute approximate surface area is 171 Å². The van der Waals surface area contributed by atoms with Crippen molar-refractivity contribution in [2.75, 3.05) is 11.9 Å². The summed E-state index contributed by atoms with van der Waals surface area (Å²) in [6.07, 6.45) is 7.34. The number of rotatable bonds is 6. The fourth-order valence-corrected chi connectivity index (χ4v) is 6.06. The molecule has 1 aliphatic heterocycles. The van der Waals surface area contributed by atoms with Crippen molar-refractivity contribution in [1.82, 2.24) is 4.90 Å². The monoisotopic (exact) mass is 392 g/mol. The van der Waals surface area contributed by atoms with Crippen LogP contribution in [0.1, 0.15) is 37.8 Å². The summed E-state index contributed by atoms with van der Waals surface area (Å²) >= 11 is 0. The van der Waals surface area contributed by atoms with Crippen molar-refractivity contribution in [3.05, 3.63) is 41.5 Å². The van der Waals surface area contributed by atoms with Gasteiger partial charge in [-0.1, -0.05) is 44.2 Å². The van der Waals surface area contributed by atoms with Crippen LogP contribution in [0.25, 0.3) is 0 Å². The number of aryl methyl sites for hydroxylation is 2. The average molecular weight is 392 g/mol. The first-order chi connectivity index (χ1) is 14.0. The molecule has 3 fully saturated rings. The maximum Gasteiger partial charge on any atom is 0.233 e. The van der Waals surface area contributed by atoms with Crippen LogP contribution in [0.4, 0.5) is 5.69 Å². The summed E-state index contributed by atoms with van der Waals surface area (Å²) in [5, 5.41) is 3.04. The maximum absolute atomic E-state index is 13.0. The molecule has 1 N–H and O–H groups in total. The van der Waals surface area contributed by atoms with Crippen LogP contribution in [0.2, 0.25) is 0 Å². The molecule has 0 unspecified atom stereocenters. The molecular formula is C24H28N2O3. The fraction of sp³-hybridized carbons (Fsp3) is 0.542. The van der Waals surface area contributed by atoms with E-state index < -0.39 is 0 Å². The number of anilines is 1. The van der Waals surface area contributed by atoms with Crippen LogP contribution >= 0.6 is 0 Å². The average Bonchev–Trinajstić information content (AvgIpc) is 3.51. The van der Waals surface area contributed by atoms with Gasteiger partial charge in [0.25, 0.3) is 0 Å². The predicted octanol–water partition coefficient (Wildman–Crippen LogP) is 3.19. The third-order valence-electron chi connectivity index (χ3n) is 7.58. The fourth-order valence-electron chi connectivity index (χ4n) is 6.06. The molecule has 2 saturated carbocycles. The molecule has 0 radical (unpaired) electrons. The number of benzene rings is 1. The Balaban J connectivity index is 1.26. The van der Waals surface area contributed by atoms with Crippen molar-refractivity contribution >= 4 is 23.4 Å². The first-order valence-corrected chi connectivity index (χ1v) is 11.0. The molecule has 1 aromatic carbocycles. The summed E-state index contributed by atoms with van der Waals surface area (Å²) in [7, 11) is 0. The van der Waals surface area contributed by atoms with Gasteiger partial charge in [-0.25, -0.2) is 0 Å². The summed E-state index contributed by atoms with van der Waals surface area (Å²) in [5.41, 5.74) is 3.11. The van der Waals surface area contributed by atoms with E-state index in [1.165, 1.54) is 4.90 Å². The van der Waals surface area contributed by atoms with Crippen molar-refractivity contribution in [1.29, 1.82) is 0 Å². The highest BCUT2D eigenvalue weighted by Gasteiger charge is 2.66. The van der Waals surface area contributed by atoms with Gasteiger partial charge in [0.1, 0.15) is 0 Å². The second-order valence-corrected chi connectivity index (χ2v) is 8.94. The summed E-state index contributed by atoms with van der Waals surface area (Å²) in [6, 6.07) is 6.08. The lowest BCUT2D eigenvalue weighted by molar-refractivity contribution is -0.140. The van der Waals surface area contributed by atoms with Crippen LogP contribution in [0.3, 0.4) is 0 Å². The van der Waals surface area contributed by atoms with E-state index in [4.69, 9.17) is 0 Å². The zero-order chi connectivity index (χ0) is 20.3. The van der Waals surface area contributed by atoms with Gasteiger partial charge in [-0.15, -0.1) is 0 Å². The van der Waals surface area contributed by atoms with Crippen LogP contribution in [0.5, 0.6) is 0 Å². The van der Waals surface area contributed by atoms with E-state index in [1.807, 2.05) is 18.2 Å². The molecule has 1 heterocycles. The Morgan fingerprint density at radius 1 is 1.00 bits per heavy atom. The molecule has 1 aromatic rings. The second-order valence-electron chi connectivity index (χ2n) is 8.94. The highest BCUT2D eigenvalue weighted by molar-refractivity contribution is 6.06. The number of allylic oxidation sites excluding steroid dienone is 2. The molecule has 4 aliphatic carbocycles. The van der Waals surface area contributed by atoms with E-state index in [1.54, 1.807) is 0 Å². The highest BCUT2D eigenvalue weighted by Crippen LogP contribution is 2.65. The van der Waals surface area contributed by atoms with Gasteiger partial charge in [0.15, 0.2) is 0 Å². The molecule has 1 saturated heterocycles. The minimum atomic E-state index is -0.183. The smallest absolute Gasteiger partial charge is 0.233 e. The number of nitrogens with zero attached hydrogens (tertiary/aromatic N) is 1. The minimum absolute atomic E-state index is 0.0549. The van der Waals surface area contributed by atoms with Crippen LogP contribution in [0.15, 0.2) is 30.4 Å². The summed E-state index contributed by atoms with van der Waals surface area (Å²) in [4.78, 5) is 40.1. The van der Waals surface area contributed by atoms with Crippen molar-refractivity contribution in [2.45, 2.75) is 39.5 Å². The molecule has 5 aliphatic rings. The quantitative estimate of drug-likeness (QED) is 0.597. The number of nitrogens with one attached hydrogen (secondary N) is 1. The van der Waals surface area contributed by atoms with Crippen molar-refractivity contribution in [2.24, 2.45) is 35.5 Å². The zero-order valence-corrected chi connectivity index (χ0v) is 17.1. The lowest BCUT2D eigenvalue weighted by Gasteiger charge is -2.37. The Morgan fingerprint density at radius 2 is 1.55 bits per heavy atom. The summed E-state index contributed by atoms with van der Waals surface area (Å²) < 4.78 is 0. The van der Waals surface area contributed by atoms with Crippen LogP contribution < -0.4 is 5.32 Å². The Morgan fingerprint density at radius 3 is 2.07 bits per heavy atom. The first-order valence-electron chi connectivity index (χ1n) is 11.0. The van der Waals surface area contributed by atoms with Crippen molar-refractivity contribution in [3.63, 3.8) is 0 Å². The Bertz CT molecular complexity index is 862. The van der Waals surface area contributed by atoms with Crippen LogP contribution in [-0.2, 0) is 27.2 Å². The molecule has 152 valence electrons. The summed E-state index contributed by atoms with van der Waals surface area (Å²) in [5.74, 6) is 1.05. The van der Waals surface area contributed by atoms with E-state index in [-0.39, 0.29) is 54.4 Å². The molecule has 6 rings (SSSR count). The molecule has 29 heavy (non-hydrogen) atoms. The number of amides is 3. The van der Waals surface area contributed by atoms with E-state index in [0.29, 0.717) is 11.8 Å². The predicted molar refractivity (Wildman–Crippen MR) is 110 cm³/mol. The van der Waals surface area contributed by atoms with Gasteiger partial charge in [0.2, 0.25) is 17.7 Å². The molecule has 5 heteroatoms. The van der Waals surface area contributed by atoms with Gasteiger partial charge >= 0.3 is 0 Å². The first kappa shape index (κ1) is 18.6. The number of likely N-dealkylation sites (tertiary alicyclic amines) is 1. The van der Waals surface area contributed by atoms with Gasteiger partial charge in [-0.05, 0) is 54.1 Å². The molecule has 0 aromatic heterocycles. The van der Waals surface area contributed by atoms with E-state index >= 15 is 0 Å². The molecule has 2 bridgehead atoms. The molecule has 3 amide bonds. The van der Waals surface area contributed by atoms with Crippen molar-refractivity contribution < 1.29 is 14.4 Å². The Hall–Kier alpha value is -2.43. The number of carbonyl (C=O) groups excluding carboxylic acids is 3. The second kappa shape index (κ2) is 6.82. The van der Waals surface area contributed by atoms with Gasteiger partial charge in [0.05, 0.1) is 11.8 Å². The lowest BCUT2D eigenvalue weighted by Crippen LogP contribution is -2.40. The van der Waals surface area contributed by atoms with E-state index in [0.717, 1.165) is 36.1 Å². The summed E-state index contributed by atoms with van der Waals surface area (Å²) in [6.45, 7) is 4.32. The number of imide groups is 1. The number of para-hydroxylation sites is 1. The standard InChI is InChI=1S/C24H28N2O3/c1-3-13-6-5-7-14(4-2)22(13)25-19(27)10-11-26-23(28)20-15-8-9-16(18-12-17(15)18)21(20)24(26)29/h5-9,15-18,20-21H,3-4,10-12H2,1-2H3,(H,25,27)/t15-,16-,17-,18-,20-,21+/m0/s1. The number of carbonyl (C=O) groups is 3. The SMILES string of the molecule is CCc1cccc(CC)c1NC(=O)CCN1C(=O)[C@@H]2[C@H]3C=C[C@@H]([C@@H]4C[C@@H]34)[C@@H]2C1=O. The third kappa shape index (κ3) is 2.77. The van der Waals surface area contributed by atoms with Gasteiger partial charge in [-0.3, -0.25) is 19.3 Å². The molecular weight excluding hydrogens is 364 g/mol. The van der Waals surface area contributed by atoms with Gasteiger partial charge in [-0.2, -0.15) is 0 Å². The van der Waals surface area contributed by atoms with Crippen molar-refractivity contribution in [3.8, 4) is 0 Å². The topological polar surface area (TPSA) is 66.5 Å². The Kier molecular flexibility index (Phi) is 4.37. The lowest BCUT2D eigenvalue weighted by atomic mass is 9.63. The molecule has 0 spiro atoms. The van der Waals surface area contributed by atoms with E-state index in [9.17, 15) is 14.4 Å². The van der Waals surface area contributed by atoms with Crippen LogP contribution in [0, 0.1) is 35.5 Å². The highest BCUT2D eigenvalue weighted by atomic mass is 16.2. The largest absolute Gasteiger partial charge is 0.326 e. The van der Waals surface area contributed by atoms with Gasteiger partial charge < -0.3 is 5.32 Å². The van der Waals surface area contributed by atoms with Crippen LogP contribution in [-0.4, -0.2) is 29.2 Å². The number of hydrogen-bond donors (Lipinski definition) is 1. The maximum atomic E-state index is 13.0.